The predicted molar refractivity (Wildman–Crippen MR) is 87.6 cm³/mol. The van der Waals surface area contributed by atoms with Crippen molar-refractivity contribution in [2.24, 2.45) is 0 Å². The molecule has 0 spiro atoms. The molecule has 0 unspecified atom stereocenters. The van der Waals surface area contributed by atoms with E-state index in [9.17, 15) is 14.0 Å². The molecule has 1 saturated heterocycles. The minimum Gasteiger partial charge on any atom is -0.326 e. The molecule has 1 fully saturated rings. The van der Waals surface area contributed by atoms with Crippen molar-refractivity contribution in [3.8, 4) is 0 Å². The van der Waals surface area contributed by atoms with E-state index in [-0.39, 0.29) is 12.5 Å². The number of carbonyl (C=O) groups is 2. The van der Waals surface area contributed by atoms with Gasteiger partial charge in [0.15, 0.2) is 0 Å². The van der Waals surface area contributed by atoms with E-state index in [1.165, 1.54) is 12.1 Å². The molecule has 3 rings (SSSR count). The lowest BCUT2D eigenvalue weighted by Crippen LogP contribution is -2.31. The lowest BCUT2D eigenvalue weighted by Gasteiger charge is -2.14. The molecule has 5 nitrogen and oxygen atoms in total. The minimum absolute atomic E-state index is 0.0196. The van der Waals surface area contributed by atoms with Gasteiger partial charge in [0.2, 0.25) is 0 Å². The summed E-state index contributed by atoms with van der Waals surface area (Å²) in [5.74, 6) is 0.110. The van der Waals surface area contributed by atoms with E-state index < -0.39 is 17.9 Å². The van der Waals surface area contributed by atoms with Gasteiger partial charge >= 0.3 is 6.03 Å². The number of imide groups is 1. The van der Waals surface area contributed by atoms with Crippen LogP contribution in [0.15, 0.2) is 30.5 Å². The van der Waals surface area contributed by atoms with Crippen LogP contribution in [0.4, 0.5) is 9.18 Å². The van der Waals surface area contributed by atoms with Crippen LogP contribution in [-0.2, 0) is 11.3 Å². The van der Waals surface area contributed by atoms with Gasteiger partial charge in [-0.1, -0.05) is 6.07 Å². The molecule has 1 aromatic carbocycles. The van der Waals surface area contributed by atoms with Crippen LogP contribution in [0.3, 0.4) is 0 Å². The highest BCUT2D eigenvalue weighted by Crippen LogP contribution is 2.22. The van der Waals surface area contributed by atoms with Crippen molar-refractivity contribution in [1.82, 2.24) is 15.2 Å². The SMILES string of the molecule is CSCC[C@H]1NC(=O)N(Cc2cc(F)cc3cccnc23)C1=O. The zero-order valence-corrected chi connectivity index (χ0v) is 13.4. The first-order valence-corrected chi connectivity index (χ1v) is 8.63. The van der Waals surface area contributed by atoms with Crippen molar-refractivity contribution < 1.29 is 14.0 Å². The van der Waals surface area contributed by atoms with Gasteiger partial charge in [-0.05, 0) is 36.6 Å². The molecule has 0 saturated carbocycles. The van der Waals surface area contributed by atoms with Crippen molar-refractivity contribution in [3.05, 3.63) is 41.8 Å². The Labute approximate surface area is 137 Å². The number of thioether (sulfide) groups is 1. The van der Waals surface area contributed by atoms with Crippen LogP contribution in [0.5, 0.6) is 0 Å². The van der Waals surface area contributed by atoms with Gasteiger partial charge in [-0.25, -0.2) is 9.18 Å². The third-order valence-corrected chi connectivity index (χ3v) is 4.44. The number of pyridine rings is 1. The van der Waals surface area contributed by atoms with Gasteiger partial charge in [-0.2, -0.15) is 11.8 Å². The van der Waals surface area contributed by atoms with E-state index in [0.717, 1.165) is 10.7 Å². The van der Waals surface area contributed by atoms with E-state index >= 15 is 0 Å². The summed E-state index contributed by atoms with van der Waals surface area (Å²) < 4.78 is 13.8. The second-order valence-electron chi connectivity index (χ2n) is 5.35. The summed E-state index contributed by atoms with van der Waals surface area (Å²) in [6, 6.07) is 5.25. The Balaban J connectivity index is 1.87. The van der Waals surface area contributed by atoms with Gasteiger partial charge in [-0.3, -0.25) is 14.7 Å². The standard InChI is InChI=1S/C16H16FN3O2S/c1-23-6-4-13-15(21)20(16(22)19-13)9-11-8-12(17)7-10-3-2-5-18-14(10)11/h2-3,5,7-8,13H,4,6,9H2,1H3,(H,19,22)/t13-/m1/s1. The van der Waals surface area contributed by atoms with Crippen LogP contribution in [0.25, 0.3) is 10.9 Å². The summed E-state index contributed by atoms with van der Waals surface area (Å²) in [5.41, 5.74) is 1.12. The molecule has 120 valence electrons. The first-order valence-electron chi connectivity index (χ1n) is 7.24. The van der Waals surface area contributed by atoms with Crippen molar-refractivity contribution in [3.63, 3.8) is 0 Å². The first kappa shape index (κ1) is 15.7. The van der Waals surface area contributed by atoms with E-state index in [0.29, 0.717) is 22.9 Å². The van der Waals surface area contributed by atoms with Crippen molar-refractivity contribution >= 4 is 34.6 Å². The largest absolute Gasteiger partial charge is 0.326 e. The maximum Gasteiger partial charge on any atom is 0.325 e. The van der Waals surface area contributed by atoms with Crippen LogP contribution in [-0.4, -0.2) is 39.9 Å². The smallest absolute Gasteiger partial charge is 0.325 e. The zero-order chi connectivity index (χ0) is 16.4. The van der Waals surface area contributed by atoms with E-state index in [1.54, 1.807) is 30.1 Å². The summed E-state index contributed by atoms with van der Waals surface area (Å²) in [6.45, 7) is 0.0196. The topological polar surface area (TPSA) is 62.3 Å². The van der Waals surface area contributed by atoms with Crippen LogP contribution >= 0.6 is 11.8 Å². The van der Waals surface area contributed by atoms with Gasteiger partial charge in [0.25, 0.3) is 5.91 Å². The molecule has 0 bridgehead atoms. The number of hydrogen-bond acceptors (Lipinski definition) is 4. The molecule has 1 aliphatic rings. The van der Waals surface area contributed by atoms with Gasteiger partial charge in [0.05, 0.1) is 12.1 Å². The van der Waals surface area contributed by atoms with Gasteiger partial charge in [0.1, 0.15) is 11.9 Å². The Hall–Kier alpha value is -2.15. The maximum atomic E-state index is 13.8. The highest BCUT2D eigenvalue weighted by Gasteiger charge is 2.37. The third kappa shape index (κ3) is 3.14. The Kier molecular flexibility index (Phi) is 4.47. The van der Waals surface area contributed by atoms with E-state index in [4.69, 9.17) is 0 Å². The molecule has 1 aromatic heterocycles. The van der Waals surface area contributed by atoms with Gasteiger partial charge < -0.3 is 5.32 Å². The minimum atomic E-state index is -0.497. The molecule has 0 radical (unpaired) electrons. The fourth-order valence-electron chi connectivity index (χ4n) is 2.68. The quantitative estimate of drug-likeness (QED) is 0.854. The zero-order valence-electron chi connectivity index (χ0n) is 12.6. The number of nitrogens with one attached hydrogen (secondary N) is 1. The van der Waals surface area contributed by atoms with Crippen molar-refractivity contribution in [2.75, 3.05) is 12.0 Å². The summed E-state index contributed by atoms with van der Waals surface area (Å²) >= 11 is 1.62. The third-order valence-electron chi connectivity index (χ3n) is 3.79. The number of carbonyl (C=O) groups excluding carboxylic acids is 2. The highest BCUT2D eigenvalue weighted by atomic mass is 32.2. The lowest BCUT2D eigenvalue weighted by atomic mass is 10.1. The number of benzene rings is 1. The summed E-state index contributed by atoms with van der Waals surface area (Å²) in [4.78, 5) is 29.8. The Morgan fingerprint density at radius 3 is 3.00 bits per heavy atom. The summed E-state index contributed by atoms with van der Waals surface area (Å²) in [6.07, 6.45) is 4.14. The van der Waals surface area contributed by atoms with E-state index in [1.807, 2.05) is 6.26 Å². The maximum absolute atomic E-state index is 13.8. The number of aromatic nitrogens is 1. The van der Waals surface area contributed by atoms with Crippen LogP contribution in [0.1, 0.15) is 12.0 Å². The van der Waals surface area contributed by atoms with Gasteiger partial charge in [0, 0.05) is 17.1 Å². The fraction of sp³-hybridized carbons (Fsp3) is 0.312. The number of amides is 3. The molecule has 1 aliphatic heterocycles. The number of fused-ring (bicyclic) bond motifs is 1. The predicted octanol–water partition coefficient (Wildman–Crippen LogP) is 2.55. The molecule has 3 amide bonds. The van der Waals surface area contributed by atoms with Crippen LogP contribution in [0.2, 0.25) is 0 Å². The molecular formula is C16H16FN3O2S. The number of nitrogens with zero attached hydrogens (tertiary/aromatic N) is 2. The highest BCUT2D eigenvalue weighted by molar-refractivity contribution is 7.98. The number of rotatable bonds is 5. The van der Waals surface area contributed by atoms with Crippen molar-refractivity contribution in [2.45, 2.75) is 19.0 Å². The monoisotopic (exact) mass is 333 g/mol. The normalized spacial score (nSPS) is 17.8. The second-order valence-corrected chi connectivity index (χ2v) is 6.33. The molecule has 2 aromatic rings. The Morgan fingerprint density at radius 2 is 2.22 bits per heavy atom. The number of hydrogen-bond donors (Lipinski definition) is 1. The molecule has 23 heavy (non-hydrogen) atoms. The molecule has 1 N–H and O–H groups in total. The molecule has 7 heteroatoms. The molecule has 0 aliphatic carbocycles. The average Bonchev–Trinajstić information content (AvgIpc) is 2.80. The average molecular weight is 333 g/mol. The number of halogens is 1. The first-order chi connectivity index (χ1) is 11.1. The van der Waals surface area contributed by atoms with E-state index in [2.05, 4.69) is 10.3 Å². The molecular weight excluding hydrogens is 317 g/mol. The van der Waals surface area contributed by atoms with Crippen LogP contribution in [0, 0.1) is 5.82 Å². The van der Waals surface area contributed by atoms with Crippen LogP contribution < -0.4 is 5.32 Å². The van der Waals surface area contributed by atoms with Gasteiger partial charge in [-0.15, -0.1) is 0 Å². The second kappa shape index (κ2) is 6.54. The lowest BCUT2D eigenvalue weighted by molar-refractivity contribution is -0.127. The van der Waals surface area contributed by atoms with Crippen molar-refractivity contribution in [1.29, 1.82) is 0 Å². The molecule has 1 atom stereocenters. The summed E-state index contributed by atoms with van der Waals surface area (Å²) in [7, 11) is 0. The fourth-order valence-corrected chi connectivity index (χ4v) is 3.15. The Bertz CT molecular complexity index is 768. The molecule has 2 heterocycles. The summed E-state index contributed by atoms with van der Waals surface area (Å²) in [5, 5.41) is 3.33. The Morgan fingerprint density at radius 1 is 1.39 bits per heavy atom. The number of urea groups is 1.